The first-order chi connectivity index (χ1) is 12.1. The summed E-state index contributed by atoms with van der Waals surface area (Å²) < 4.78 is 0. The van der Waals surface area contributed by atoms with E-state index in [-0.39, 0.29) is 23.8 Å². The lowest BCUT2D eigenvalue weighted by Gasteiger charge is -2.31. The molecular weight excluding hydrogens is 314 g/mol. The van der Waals surface area contributed by atoms with Crippen molar-refractivity contribution >= 4 is 11.8 Å². The van der Waals surface area contributed by atoms with Gasteiger partial charge in [-0.2, -0.15) is 0 Å². The first-order valence-corrected chi connectivity index (χ1v) is 9.48. The number of amides is 2. The van der Waals surface area contributed by atoms with Gasteiger partial charge < -0.3 is 16.0 Å². The number of hydrogen-bond acceptors (Lipinski definition) is 3. The monoisotopic (exact) mass is 343 g/mol. The molecule has 1 atom stereocenters. The molecule has 1 aromatic rings. The van der Waals surface area contributed by atoms with Crippen LogP contribution in [0, 0.1) is 11.8 Å². The summed E-state index contributed by atoms with van der Waals surface area (Å²) in [5.41, 5.74) is 7.22. The van der Waals surface area contributed by atoms with Gasteiger partial charge in [-0.3, -0.25) is 9.59 Å². The zero-order valence-electron chi connectivity index (χ0n) is 14.8. The highest BCUT2D eigenvalue weighted by molar-refractivity contribution is 5.80. The summed E-state index contributed by atoms with van der Waals surface area (Å²) >= 11 is 0. The number of nitrogens with one attached hydrogen (secondary N) is 1. The van der Waals surface area contributed by atoms with Crippen LogP contribution in [0.25, 0.3) is 0 Å². The van der Waals surface area contributed by atoms with Crippen molar-refractivity contribution in [1.82, 2.24) is 10.2 Å². The fraction of sp³-hybridized carbons (Fsp3) is 0.600. The lowest BCUT2D eigenvalue weighted by molar-refractivity contribution is -0.135. The van der Waals surface area contributed by atoms with Gasteiger partial charge in [-0.25, -0.2) is 0 Å². The molecule has 1 unspecified atom stereocenters. The van der Waals surface area contributed by atoms with Crippen molar-refractivity contribution in [2.45, 2.75) is 44.6 Å². The molecule has 1 aliphatic heterocycles. The Morgan fingerprint density at radius 1 is 1.12 bits per heavy atom. The molecule has 136 valence electrons. The minimum absolute atomic E-state index is 0.0181. The summed E-state index contributed by atoms with van der Waals surface area (Å²) in [6.45, 7) is 1.94. The van der Waals surface area contributed by atoms with Crippen LogP contribution in [-0.4, -0.2) is 42.4 Å². The Hall–Kier alpha value is -1.88. The van der Waals surface area contributed by atoms with Crippen molar-refractivity contribution in [3.05, 3.63) is 35.9 Å². The fourth-order valence-corrected chi connectivity index (χ4v) is 3.50. The molecule has 0 aromatic heterocycles. The van der Waals surface area contributed by atoms with Crippen LogP contribution in [0.3, 0.4) is 0 Å². The molecule has 0 bridgehead atoms. The van der Waals surface area contributed by atoms with Gasteiger partial charge >= 0.3 is 0 Å². The molecule has 0 radical (unpaired) electrons. The number of benzene rings is 1. The predicted molar refractivity (Wildman–Crippen MR) is 97.8 cm³/mol. The van der Waals surface area contributed by atoms with Gasteiger partial charge in [-0.15, -0.1) is 0 Å². The Bertz CT molecular complexity index is 578. The van der Waals surface area contributed by atoms with Crippen LogP contribution in [-0.2, 0) is 16.0 Å². The molecule has 5 nitrogen and oxygen atoms in total. The van der Waals surface area contributed by atoms with Gasteiger partial charge in [0.05, 0.1) is 0 Å². The van der Waals surface area contributed by atoms with E-state index in [1.165, 1.54) is 18.4 Å². The second-order valence-electron chi connectivity index (χ2n) is 7.39. The van der Waals surface area contributed by atoms with Crippen molar-refractivity contribution in [1.29, 1.82) is 0 Å². The molecule has 3 N–H and O–H groups in total. The maximum Gasteiger partial charge on any atom is 0.223 e. The van der Waals surface area contributed by atoms with E-state index in [0.717, 1.165) is 19.3 Å². The van der Waals surface area contributed by atoms with E-state index in [0.29, 0.717) is 32.0 Å². The predicted octanol–water partition coefficient (Wildman–Crippen LogP) is 1.71. The second kappa shape index (κ2) is 8.48. The number of nitrogens with zero attached hydrogens (tertiary/aromatic N) is 1. The fourth-order valence-electron chi connectivity index (χ4n) is 3.50. The van der Waals surface area contributed by atoms with Crippen LogP contribution in [0.2, 0.25) is 0 Å². The average Bonchev–Trinajstić information content (AvgIpc) is 3.50. The molecule has 1 heterocycles. The van der Waals surface area contributed by atoms with Crippen molar-refractivity contribution in [3.8, 4) is 0 Å². The lowest BCUT2D eigenvalue weighted by atomic mass is 9.95. The van der Waals surface area contributed by atoms with Crippen molar-refractivity contribution in [2.24, 2.45) is 17.6 Å². The number of likely N-dealkylation sites (tertiary alicyclic amines) is 1. The molecule has 2 amide bonds. The van der Waals surface area contributed by atoms with E-state index in [2.05, 4.69) is 17.4 Å². The van der Waals surface area contributed by atoms with Gasteiger partial charge in [0.1, 0.15) is 0 Å². The second-order valence-corrected chi connectivity index (χ2v) is 7.39. The molecule has 5 heteroatoms. The summed E-state index contributed by atoms with van der Waals surface area (Å²) in [6, 6.07) is 10.2. The van der Waals surface area contributed by atoms with Crippen molar-refractivity contribution < 1.29 is 9.59 Å². The minimum atomic E-state index is 0.0181. The molecule has 25 heavy (non-hydrogen) atoms. The number of carbonyl (C=O) groups excluding carboxylic acids is 2. The maximum atomic E-state index is 12.4. The topological polar surface area (TPSA) is 75.4 Å². The lowest BCUT2D eigenvalue weighted by Crippen LogP contribution is -2.45. The molecule has 1 saturated heterocycles. The van der Waals surface area contributed by atoms with Crippen LogP contribution in [0.4, 0.5) is 0 Å². The Balaban J connectivity index is 1.35. The van der Waals surface area contributed by atoms with E-state index in [9.17, 15) is 9.59 Å². The third-order valence-corrected chi connectivity index (χ3v) is 5.43. The van der Waals surface area contributed by atoms with E-state index >= 15 is 0 Å². The molecule has 1 aromatic carbocycles. The highest BCUT2D eigenvalue weighted by Crippen LogP contribution is 2.31. The van der Waals surface area contributed by atoms with Crippen LogP contribution in [0.15, 0.2) is 30.3 Å². The van der Waals surface area contributed by atoms with Gasteiger partial charge in [0.15, 0.2) is 0 Å². The van der Waals surface area contributed by atoms with E-state index < -0.39 is 0 Å². The summed E-state index contributed by atoms with van der Waals surface area (Å²) in [5, 5.41) is 3.00. The first kappa shape index (κ1) is 17.9. The number of rotatable bonds is 7. The van der Waals surface area contributed by atoms with Gasteiger partial charge in [-0.1, -0.05) is 30.3 Å². The third-order valence-electron chi connectivity index (χ3n) is 5.43. The van der Waals surface area contributed by atoms with Crippen molar-refractivity contribution in [2.75, 3.05) is 19.6 Å². The van der Waals surface area contributed by atoms with E-state index in [4.69, 9.17) is 5.73 Å². The van der Waals surface area contributed by atoms with E-state index in [1.54, 1.807) is 0 Å². The van der Waals surface area contributed by atoms with Gasteiger partial charge in [0, 0.05) is 38.0 Å². The normalized spacial score (nSPS) is 19.5. The van der Waals surface area contributed by atoms with Gasteiger partial charge in [0.25, 0.3) is 0 Å². The van der Waals surface area contributed by atoms with E-state index in [1.807, 2.05) is 23.1 Å². The molecular formula is C20H29N3O2. The quantitative estimate of drug-likeness (QED) is 0.791. The number of aryl methyl sites for hydroxylation is 1. The van der Waals surface area contributed by atoms with Crippen LogP contribution in [0.5, 0.6) is 0 Å². The summed E-state index contributed by atoms with van der Waals surface area (Å²) in [5.74, 6) is 0.917. The summed E-state index contributed by atoms with van der Waals surface area (Å²) in [4.78, 5) is 26.5. The molecule has 0 spiro atoms. The number of piperidine rings is 1. The smallest absolute Gasteiger partial charge is 0.223 e. The molecule has 2 aliphatic rings. The van der Waals surface area contributed by atoms with Crippen LogP contribution < -0.4 is 11.1 Å². The first-order valence-electron chi connectivity index (χ1n) is 9.48. The summed E-state index contributed by atoms with van der Waals surface area (Å²) in [6.07, 6.45) is 5.21. The van der Waals surface area contributed by atoms with Crippen molar-refractivity contribution in [3.63, 3.8) is 0 Å². The maximum absolute atomic E-state index is 12.4. The standard InChI is InChI=1S/C20H29N3O2/c21-18(16-7-8-16)14-22-20(25)17-10-12-23(13-11-17)19(24)9-6-15-4-2-1-3-5-15/h1-5,16-18H,6-14,21H2,(H,22,25). The van der Waals surface area contributed by atoms with Crippen LogP contribution in [0.1, 0.15) is 37.7 Å². The van der Waals surface area contributed by atoms with Crippen LogP contribution >= 0.6 is 0 Å². The molecule has 2 fully saturated rings. The third kappa shape index (κ3) is 5.30. The Morgan fingerprint density at radius 2 is 1.80 bits per heavy atom. The Kier molecular flexibility index (Phi) is 6.08. The number of hydrogen-bond donors (Lipinski definition) is 2. The highest BCUT2D eigenvalue weighted by atomic mass is 16.2. The Labute approximate surface area is 150 Å². The number of carbonyl (C=O) groups is 2. The SMILES string of the molecule is NC(CNC(=O)C1CCN(C(=O)CCc2ccccc2)CC1)C1CC1. The average molecular weight is 343 g/mol. The minimum Gasteiger partial charge on any atom is -0.354 e. The zero-order chi connectivity index (χ0) is 17.6. The zero-order valence-corrected chi connectivity index (χ0v) is 14.8. The Morgan fingerprint density at radius 3 is 2.44 bits per heavy atom. The number of nitrogens with two attached hydrogens (primary N) is 1. The molecule has 3 rings (SSSR count). The molecule has 1 saturated carbocycles. The molecule has 1 aliphatic carbocycles. The largest absolute Gasteiger partial charge is 0.354 e. The summed E-state index contributed by atoms with van der Waals surface area (Å²) in [7, 11) is 0. The van der Waals surface area contributed by atoms with Gasteiger partial charge in [-0.05, 0) is 43.6 Å². The van der Waals surface area contributed by atoms with Gasteiger partial charge in [0.2, 0.25) is 11.8 Å². The highest BCUT2D eigenvalue weighted by Gasteiger charge is 2.30.